The number of hydrogen-bond acceptors (Lipinski definition) is 2. The number of rotatable bonds is 3. The maximum absolute atomic E-state index is 13.3. The molecule has 1 aliphatic heterocycles. The molecule has 0 bridgehead atoms. The van der Waals surface area contributed by atoms with E-state index in [1.165, 1.54) is 0 Å². The van der Waals surface area contributed by atoms with E-state index in [4.69, 9.17) is 0 Å². The zero-order valence-corrected chi connectivity index (χ0v) is 11.2. The second-order valence-electron chi connectivity index (χ2n) is 5.16. The number of halogens is 3. The molecule has 0 amide bonds. The van der Waals surface area contributed by atoms with Crippen molar-refractivity contribution < 1.29 is 13.2 Å². The molecule has 0 radical (unpaired) electrons. The van der Waals surface area contributed by atoms with E-state index < -0.39 is 17.5 Å². The van der Waals surface area contributed by atoms with Gasteiger partial charge >= 0.3 is 0 Å². The van der Waals surface area contributed by atoms with Crippen LogP contribution in [0.4, 0.5) is 13.2 Å². The molecule has 0 aromatic heterocycles. The Morgan fingerprint density at radius 3 is 2.29 bits per heavy atom. The van der Waals surface area contributed by atoms with Crippen LogP contribution in [-0.2, 0) is 6.42 Å². The summed E-state index contributed by atoms with van der Waals surface area (Å²) in [6, 6.07) is 12.0. The minimum Gasteiger partial charge on any atom is -0.299 e. The van der Waals surface area contributed by atoms with Crippen LogP contribution in [0.5, 0.6) is 0 Å². The monoisotopic (exact) mass is 292 g/mol. The first-order valence-electron chi connectivity index (χ1n) is 6.80. The molecule has 5 heteroatoms. The SMILES string of the molecule is Fc1cc(CC2NCNC2c2ccccc2)cc(F)c1F. The lowest BCUT2D eigenvalue weighted by molar-refractivity contribution is 0.442. The topological polar surface area (TPSA) is 24.1 Å². The minimum atomic E-state index is -1.42. The lowest BCUT2D eigenvalue weighted by atomic mass is 9.95. The summed E-state index contributed by atoms with van der Waals surface area (Å²) in [7, 11) is 0. The summed E-state index contributed by atoms with van der Waals surface area (Å²) in [6.45, 7) is 0.621. The first kappa shape index (κ1) is 14.1. The lowest BCUT2D eigenvalue weighted by Crippen LogP contribution is -2.29. The third-order valence-electron chi connectivity index (χ3n) is 3.75. The Labute approximate surface area is 121 Å². The van der Waals surface area contributed by atoms with E-state index in [0.29, 0.717) is 18.7 Å². The van der Waals surface area contributed by atoms with Gasteiger partial charge in [0.1, 0.15) is 0 Å². The van der Waals surface area contributed by atoms with E-state index in [0.717, 1.165) is 17.7 Å². The molecular formula is C16H15F3N2. The van der Waals surface area contributed by atoms with Crippen LogP contribution in [0.1, 0.15) is 17.2 Å². The first-order chi connectivity index (χ1) is 10.1. The van der Waals surface area contributed by atoms with Crippen molar-refractivity contribution in [3.63, 3.8) is 0 Å². The van der Waals surface area contributed by atoms with E-state index in [-0.39, 0.29) is 12.1 Å². The predicted molar refractivity (Wildman–Crippen MR) is 74.1 cm³/mol. The third kappa shape index (κ3) is 2.94. The highest BCUT2D eigenvalue weighted by Gasteiger charge is 2.28. The lowest BCUT2D eigenvalue weighted by Gasteiger charge is -2.20. The molecule has 2 nitrogen and oxygen atoms in total. The van der Waals surface area contributed by atoms with Crippen LogP contribution in [0.3, 0.4) is 0 Å². The zero-order valence-electron chi connectivity index (χ0n) is 11.2. The molecule has 1 aliphatic rings. The van der Waals surface area contributed by atoms with Crippen LogP contribution in [0.15, 0.2) is 42.5 Å². The predicted octanol–water partition coefficient (Wildman–Crippen LogP) is 2.91. The fourth-order valence-electron chi connectivity index (χ4n) is 2.74. The molecule has 21 heavy (non-hydrogen) atoms. The average Bonchev–Trinajstić information content (AvgIpc) is 2.94. The van der Waals surface area contributed by atoms with E-state index in [1.54, 1.807) is 0 Å². The Bertz CT molecular complexity index is 608. The summed E-state index contributed by atoms with van der Waals surface area (Å²) in [5.41, 5.74) is 1.55. The smallest absolute Gasteiger partial charge is 0.194 e. The van der Waals surface area contributed by atoms with Gasteiger partial charge in [0.15, 0.2) is 17.5 Å². The summed E-state index contributed by atoms with van der Waals surface area (Å²) in [6.07, 6.45) is 0.417. The van der Waals surface area contributed by atoms with Gasteiger partial charge in [-0.05, 0) is 29.7 Å². The van der Waals surface area contributed by atoms with Crippen LogP contribution < -0.4 is 10.6 Å². The highest BCUT2D eigenvalue weighted by Crippen LogP contribution is 2.24. The Kier molecular flexibility index (Phi) is 3.94. The quantitative estimate of drug-likeness (QED) is 0.850. The summed E-state index contributed by atoms with van der Waals surface area (Å²) < 4.78 is 39.6. The molecule has 0 saturated carbocycles. The van der Waals surface area contributed by atoms with E-state index in [1.807, 2.05) is 30.3 Å². The number of benzene rings is 2. The molecule has 1 saturated heterocycles. The van der Waals surface area contributed by atoms with E-state index in [9.17, 15) is 13.2 Å². The van der Waals surface area contributed by atoms with Crippen molar-refractivity contribution in [1.29, 1.82) is 0 Å². The molecule has 1 fully saturated rings. The van der Waals surface area contributed by atoms with Crippen molar-refractivity contribution >= 4 is 0 Å². The molecule has 2 atom stereocenters. The van der Waals surface area contributed by atoms with Gasteiger partial charge in [-0.2, -0.15) is 0 Å². The maximum atomic E-state index is 13.3. The fourth-order valence-corrected chi connectivity index (χ4v) is 2.74. The number of nitrogens with one attached hydrogen (secondary N) is 2. The van der Waals surface area contributed by atoms with Crippen molar-refractivity contribution in [3.8, 4) is 0 Å². The van der Waals surface area contributed by atoms with Gasteiger partial charge in [0.2, 0.25) is 0 Å². The molecule has 2 N–H and O–H groups in total. The highest BCUT2D eigenvalue weighted by atomic mass is 19.2. The van der Waals surface area contributed by atoms with Crippen LogP contribution in [0.2, 0.25) is 0 Å². The third-order valence-corrected chi connectivity index (χ3v) is 3.75. The van der Waals surface area contributed by atoms with Gasteiger partial charge in [0.05, 0.1) is 0 Å². The van der Waals surface area contributed by atoms with Crippen molar-refractivity contribution in [2.24, 2.45) is 0 Å². The molecule has 2 unspecified atom stereocenters. The summed E-state index contributed by atoms with van der Waals surface area (Å²) in [4.78, 5) is 0. The van der Waals surface area contributed by atoms with Gasteiger partial charge in [-0.3, -0.25) is 10.6 Å². The molecule has 2 aromatic carbocycles. The second kappa shape index (κ2) is 5.87. The van der Waals surface area contributed by atoms with Crippen LogP contribution in [0, 0.1) is 17.5 Å². The van der Waals surface area contributed by atoms with Gasteiger partial charge in [-0.25, -0.2) is 13.2 Å². The molecular weight excluding hydrogens is 277 g/mol. The van der Waals surface area contributed by atoms with Crippen molar-refractivity contribution in [2.45, 2.75) is 18.5 Å². The summed E-state index contributed by atoms with van der Waals surface area (Å²) in [5, 5.41) is 6.57. The summed E-state index contributed by atoms with van der Waals surface area (Å²) in [5.74, 6) is -3.71. The standard InChI is InChI=1S/C16H15F3N2/c17-12-6-10(7-13(18)15(12)19)8-14-16(21-9-20-14)11-4-2-1-3-5-11/h1-7,14,16,20-21H,8-9H2. The molecule has 0 aliphatic carbocycles. The normalized spacial score (nSPS) is 21.7. The second-order valence-corrected chi connectivity index (χ2v) is 5.16. The Balaban J connectivity index is 1.81. The molecule has 110 valence electrons. The Morgan fingerprint density at radius 1 is 0.952 bits per heavy atom. The minimum absolute atomic E-state index is 0.00309. The zero-order chi connectivity index (χ0) is 14.8. The van der Waals surface area contributed by atoms with Gasteiger partial charge < -0.3 is 0 Å². The molecule has 3 rings (SSSR count). The number of hydrogen-bond donors (Lipinski definition) is 2. The van der Waals surface area contributed by atoms with Crippen molar-refractivity contribution in [3.05, 3.63) is 71.0 Å². The molecule has 1 heterocycles. The van der Waals surface area contributed by atoms with Gasteiger partial charge in [-0.1, -0.05) is 30.3 Å². The largest absolute Gasteiger partial charge is 0.299 e. The maximum Gasteiger partial charge on any atom is 0.194 e. The first-order valence-corrected chi connectivity index (χ1v) is 6.80. The van der Waals surface area contributed by atoms with Crippen molar-refractivity contribution in [2.75, 3.05) is 6.67 Å². The van der Waals surface area contributed by atoms with Gasteiger partial charge in [-0.15, -0.1) is 0 Å². The molecule has 0 spiro atoms. The van der Waals surface area contributed by atoms with Gasteiger partial charge in [0, 0.05) is 18.8 Å². The van der Waals surface area contributed by atoms with Crippen LogP contribution >= 0.6 is 0 Å². The van der Waals surface area contributed by atoms with Crippen LogP contribution in [-0.4, -0.2) is 12.7 Å². The Hall–Kier alpha value is -1.85. The van der Waals surface area contributed by atoms with Gasteiger partial charge in [0.25, 0.3) is 0 Å². The van der Waals surface area contributed by atoms with E-state index in [2.05, 4.69) is 10.6 Å². The van der Waals surface area contributed by atoms with E-state index >= 15 is 0 Å². The van der Waals surface area contributed by atoms with Crippen LogP contribution in [0.25, 0.3) is 0 Å². The Morgan fingerprint density at radius 2 is 1.62 bits per heavy atom. The summed E-state index contributed by atoms with van der Waals surface area (Å²) >= 11 is 0. The average molecular weight is 292 g/mol. The molecule has 2 aromatic rings. The fraction of sp³-hybridized carbons (Fsp3) is 0.250. The highest BCUT2D eigenvalue weighted by molar-refractivity contribution is 5.25. The van der Waals surface area contributed by atoms with Crippen molar-refractivity contribution in [1.82, 2.24) is 10.6 Å².